The van der Waals surface area contributed by atoms with Gasteiger partial charge in [-0.25, -0.2) is 0 Å². The van der Waals surface area contributed by atoms with Crippen LogP contribution in [0.3, 0.4) is 0 Å². The quantitative estimate of drug-likeness (QED) is 0.616. The van der Waals surface area contributed by atoms with E-state index in [1.54, 1.807) is 26.0 Å². The van der Waals surface area contributed by atoms with Crippen LogP contribution in [0.2, 0.25) is 0 Å². The highest BCUT2D eigenvalue weighted by Gasteiger charge is 2.44. The maximum atomic E-state index is 13.4. The summed E-state index contributed by atoms with van der Waals surface area (Å²) in [6.07, 6.45) is -4.35. The van der Waals surface area contributed by atoms with Crippen LogP contribution in [0.25, 0.3) is 0 Å². The molecule has 0 spiro atoms. The molecule has 8 heteroatoms. The van der Waals surface area contributed by atoms with Gasteiger partial charge >= 0.3 is 6.18 Å². The Kier molecular flexibility index (Phi) is 5.21. The molecule has 32 heavy (non-hydrogen) atoms. The molecule has 2 atom stereocenters. The molecule has 1 aromatic heterocycles. The zero-order valence-electron chi connectivity index (χ0n) is 17.3. The molecule has 0 amide bonds. The highest BCUT2D eigenvalue weighted by Crippen LogP contribution is 2.42. The lowest BCUT2D eigenvalue weighted by atomic mass is 9.84. The first-order chi connectivity index (χ1) is 15.0. The van der Waals surface area contributed by atoms with Crippen molar-refractivity contribution in [2.45, 2.75) is 37.8 Å². The Labute approximate surface area is 181 Å². The van der Waals surface area contributed by atoms with Crippen molar-refractivity contribution in [3.05, 3.63) is 99.5 Å². The summed E-state index contributed by atoms with van der Waals surface area (Å²) in [7, 11) is 0. The topological polar surface area (TPSA) is 68.5 Å². The predicted molar refractivity (Wildman–Crippen MR) is 111 cm³/mol. The smallest absolute Gasteiger partial charge is 0.417 e. The molecule has 0 radical (unpaired) electrons. The number of alkyl halides is 3. The number of aliphatic hydroxyl groups is 1. The molecule has 0 saturated carbocycles. The Bertz CT molecular complexity index is 1250. The van der Waals surface area contributed by atoms with Gasteiger partial charge in [0.1, 0.15) is 17.5 Å². The van der Waals surface area contributed by atoms with Crippen molar-refractivity contribution in [1.29, 1.82) is 0 Å². The molecule has 166 valence electrons. The van der Waals surface area contributed by atoms with Crippen LogP contribution >= 0.6 is 0 Å². The van der Waals surface area contributed by atoms with Gasteiger partial charge in [0.2, 0.25) is 0 Å². The SMILES string of the molecule is CC1(C)Oc2ccc(C(=O)c3ccccc3C(F)(F)F)cc2[C@@H](n2ccccc2=O)[C@@H]1O. The van der Waals surface area contributed by atoms with Gasteiger partial charge in [-0.2, -0.15) is 13.2 Å². The number of ether oxygens (including phenoxy) is 1. The number of nitrogens with zero attached hydrogens (tertiary/aromatic N) is 1. The molecular weight excluding hydrogens is 423 g/mol. The van der Waals surface area contributed by atoms with Crippen LogP contribution in [0.4, 0.5) is 13.2 Å². The van der Waals surface area contributed by atoms with Crippen molar-refractivity contribution < 1.29 is 27.8 Å². The number of pyridine rings is 1. The molecule has 1 aliphatic rings. The minimum atomic E-state index is -4.69. The number of aliphatic hydroxyl groups excluding tert-OH is 1. The minimum Gasteiger partial charge on any atom is -0.485 e. The monoisotopic (exact) mass is 443 g/mol. The molecule has 0 bridgehead atoms. The third-order valence-corrected chi connectivity index (χ3v) is 5.60. The number of aromatic nitrogens is 1. The maximum Gasteiger partial charge on any atom is 0.417 e. The number of carbonyl (C=O) groups excluding carboxylic acids is 1. The van der Waals surface area contributed by atoms with Crippen LogP contribution in [0, 0.1) is 0 Å². The Balaban J connectivity index is 1.87. The molecule has 0 aliphatic carbocycles. The molecule has 2 heterocycles. The van der Waals surface area contributed by atoms with E-state index >= 15 is 0 Å². The number of carbonyl (C=O) groups is 1. The van der Waals surface area contributed by atoms with Crippen LogP contribution in [-0.2, 0) is 6.18 Å². The largest absolute Gasteiger partial charge is 0.485 e. The van der Waals surface area contributed by atoms with E-state index in [1.807, 2.05) is 0 Å². The van der Waals surface area contributed by atoms with E-state index in [1.165, 1.54) is 47.2 Å². The van der Waals surface area contributed by atoms with Gasteiger partial charge < -0.3 is 14.4 Å². The summed E-state index contributed by atoms with van der Waals surface area (Å²) in [6, 6.07) is 12.4. The number of rotatable bonds is 3. The van der Waals surface area contributed by atoms with Crippen molar-refractivity contribution >= 4 is 5.78 Å². The summed E-state index contributed by atoms with van der Waals surface area (Å²) in [5.74, 6) is -0.485. The van der Waals surface area contributed by atoms with Gasteiger partial charge in [-0.15, -0.1) is 0 Å². The second-order valence-electron chi connectivity index (χ2n) is 8.17. The van der Waals surface area contributed by atoms with Gasteiger partial charge in [-0.05, 0) is 44.2 Å². The summed E-state index contributed by atoms with van der Waals surface area (Å²) >= 11 is 0. The average Bonchev–Trinajstić information content (AvgIpc) is 2.74. The third-order valence-electron chi connectivity index (χ3n) is 5.60. The Morgan fingerprint density at radius 3 is 2.44 bits per heavy atom. The van der Waals surface area contributed by atoms with E-state index < -0.39 is 40.8 Å². The zero-order valence-corrected chi connectivity index (χ0v) is 17.3. The second-order valence-corrected chi connectivity index (χ2v) is 8.17. The van der Waals surface area contributed by atoms with Crippen LogP contribution in [0.1, 0.15) is 46.9 Å². The molecule has 5 nitrogen and oxygen atoms in total. The van der Waals surface area contributed by atoms with Crippen molar-refractivity contribution in [3.63, 3.8) is 0 Å². The van der Waals surface area contributed by atoms with Crippen LogP contribution < -0.4 is 10.3 Å². The fourth-order valence-electron chi connectivity index (χ4n) is 3.96. The van der Waals surface area contributed by atoms with Crippen LogP contribution in [-0.4, -0.2) is 27.2 Å². The van der Waals surface area contributed by atoms with Crippen LogP contribution in [0.15, 0.2) is 71.7 Å². The summed E-state index contributed by atoms with van der Waals surface area (Å²) < 4.78 is 47.5. The van der Waals surface area contributed by atoms with Gasteiger partial charge in [0, 0.05) is 29.0 Å². The lowest BCUT2D eigenvalue weighted by molar-refractivity contribution is -0.137. The number of hydrogen-bond acceptors (Lipinski definition) is 4. The van der Waals surface area contributed by atoms with Crippen molar-refractivity contribution in [2.75, 3.05) is 0 Å². The number of benzene rings is 2. The summed E-state index contributed by atoms with van der Waals surface area (Å²) in [5, 5.41) is 11.0. The Morgan fingerprint density at radius 1 is 1.06 bits per heavy atom. The third kappa shape index (κ3) is 3.71. The average molecular weight is 443 g/mol. The zero-order chi connectivity index (χ0) is 23.3. The minimum absolute atomic E-state index is 0.00932. The van der Waals surface area contributed by atoms with Gasteiger partial charge in [0.05, 0.1) is 11.6 Å². The first kappa shape index (κ1) is 21.8. The number of ketones is 1. The molecule has 4 rings (SSSR count). The molecule has 0 saturated heterocycles. The van der Waals surface area contributed by atoms with Crippen molar-refractivity contribution in [2.24, 2.45) is 0 Å². The Morgan fingerprint density at radius 2 is 1.75 bits per heavy atom. The van der Waals surface area contributed by atoms with Crippen molar-refractivity contribution in [1.82, 2.24) is 4.57 Å². The number of halogens is 3. The molecule has 0 unspecified atom stereocenters. The van der Waals surface area contributed by atoms with Gasteiger partial charge in [0.25, 0.3) is 5.56 Å². The fraction of sp³-hybridized carbons (Fsp3) is 0.250. The van der Waals surface area contributed by atoms with E-state index in [-0.39, 0.29) is 11.1 Å². The molecule has 1 aliphatic heterocycles. The number of hydrogen-bond donors (Lipinski definition) is 1. The highest BCUT2D eigenvalue weighted by atomic mass is 19.4. The molecular formula is C24H20F3NO4. The van der Waals surface area contributed by atoms with E-state index in [9.17, 15) is 27.9 Å². The summed E-state index contributed by atoms with van der Waals surface area (Å²) in [5.41, 5.74) is -2.62. The normalized spacial score (nSPS) is 19.7. The second kappa shape index (κ2) is 7.63. The van der Waals surface area contributed by atoms with Gasteiger partial charge in [-0.3, -0.25) is 9.59 Å². The van der Waals surface area contributed by atoms with Crippen molar-refractivity contribution in [3.8, 4) is 5.75 Å². The maximum absolute atomic E-state index is 13.4. The first-order valence-corrected chi connectivity index (χ1v) is 9.90. The molecule has 1 N–H and O–H groups in total. The molecule has 2 aromatic carbocycles. The predicted octanol–water partition coefficient (Wildman–Crippen LogP) is 4.22. The van der Waals surface area contributed by atoms with E-state index in [0.717, 1.165) is 12.1 Å². The first-order valence-electron chi connectivity index (χ1n) is 9.90. The van der Waals surface area contributed by atoms with E-state index in [0.29, 0.717) is 11.3 Å². The van der Waals surface area contributed by atoms with Gasteiger partial charge in [-0.1, -0.05) is 24.3 Å². The van der Waals surface area contributed by atoms with Gasteiger partial charge in [0.15, 0.2) is 5.78 Å². The molecule has 3 aromatic rings. The lowest BCUT2D eigenvalue weighted by Gasteiger charge is -2.42. The summed E-state index contributed by atoms with van der Waals surface area (Å²) in [4.78, 5) is 25.5. The molecule has 0 fully saturated rings. The fourth-order valence-corrected chi connectivity index (χ4v) is 3.96. The Hall–Kier alpha value is -3.39. The van der Waals surface area contributed by atoms with E-state index in [4.69, 9.17) is 4.74 Å². The van der Waals surface area contributed by atoms with E-state index in [2.05, 4.69) is 0 Å². The number of fused-ring (bicyclic) bond motifs is 1. The lowest BCUT2D eigenvalue weighted by Crippen LogP contribution is -2.52. The van der Waals surface area contributed by atoms with Crippen LogP contribution in [0.5, 0.6) is 5.75 Å². The summed E-state index contributed by atoms with van der Waals surface area (Å²) in [6.45, 7) is 3.33. The highest BCUT2D eigenvalue weighted by molar-refractivity contribution is 6.10. The standard InChI is InChI=1S/C24H20F3NO4/c1-23(2)22(31)20(28-12-6-5-9-19(28)29)16-13-14(10-11-18(16)32-23)21(30)15-7-3-4-8-17(15)24(25,26)27/h3-13,20,22,31H,1-2H3/t20-,22+/m1/s1.